The number of carbonyl (C=O) groups is 1. The van der Waals surface area contributed by atoms with E-state index in [9.17, 15) is 10.1 Å². The van der Waals surface area contributed by atoms with Crippen molar-refractivity contribution in [2.24, 2.45) is 11.8 Å². The Morgan fingerprint density at radius 2 is 1.76 bits per heavy atom. The molecule has 0 saturated carbocycles. The van der Waals surface area contributed by atoms with Crippen LogP contribution >= 0.6 is 0 Å². The van der Waals surface area contributed by atoms with Crippen molar-refractivity contribution in [2.45, 2.75) is 19.3 Å². The smallest absolute Gasteiger partial charge is 0.231 e. The number of benzene rings is 3. The quantitative estimate of drug-likeness (QED) is 0.641. The predicted molar refractivity (Wildman–Crippen MR) is 114 cm³/mol. The average Bonchev–Trinajstić information content (AvgIpc) is 3.09. The van der Waals surface area contributed by atoms with Gasteiger partial charge in [0.05, 0.1) is 17.6 Å². The minimum atomic E-state index is -0.0971. The summed E-state index contributed by atoms with van der Waals surface area (Å²) in [6, 6.07) is 26.7. The Bertz CT molecular complexity index is 1110. The van der Waals surface area contributed by atoms with E-state index in [1.807, 2.05) is 47.4 Å². The molecule has 0 spiro atoms. The first-order valence-electron chi connectivity index (χ1n) is 10.1. The van der Waals surface area contributed by atoms with Crippen LogP contribution in [0.1, 0.15) is 33.7 Å². The van der Waals surface area contributed by atoms with Crippen LogP contribution in [0, 0.1) is 30.1 Å². The summed E-state index contributed by atoms with van der Waals surface area (Å²) >= 11 is 0. The van der Waals surface area contributed by atoms with Crippen LogP contribution in [0.4, 0.5) is 5.69 Å². The summed E-state index contributed by atoms with van der Waals surface area (Å²) in [6.45, 7) is 2.81. The minimum Gasteiger partial charge on any atom is -0.312 e. The van der Waals surface area contributed by atoms with Crippen LogP contribution < -0.4 is 4.90 Å². The van der Waals surface area contributed by atoms with Gasteiger partial charge in [0, 0.05) is 18.2 Å². The molecule has 142 valence electrons. The highest BCUT2D eigenvalue weighted by molar-refractivity contribution is 5.99. The summed E-state index contributed by atoms with van der Waals surface area (Å²) < 4.78 is 0. The first kappa shape index (κ1) is 17.7. The van der Waals surface area contributed by atoms with Crippen LogP contribution in [0.15, 0.2) is 72.8 Å². The van der Waals surface area contributed by atoms with Gasteiger partial charge in [0.1, 0.15) is 0 Å². The molecule has 1 aliphatic carbocycles. The van der Waals surface area contributed by atoms with E-state index in [0.29, 0.717) is 5.56 Å². The van der Waals surface area contributed by atoms with Crippen molar-refractivity contribution in [3.63, 3.8) is 0 Å². The zero-order valence-electron chi connectivity index (χ0n) is 16.4. The number of amides is 1. The van der Waals surface area contributed by atoms with Gasteiger partial charge in [-0.25, -0.2) is 0 Å². The lowest BCUT2D eigenvalue weighted by Gasteiger charge is -2.34. The molecule has 0 aromatic heterocycles. The number of carbonyl (C=O) groups excluding carboxylic acids is 1. The second-order valence-corrected chi connectivity index (χ2v) is 8.19. The van der Waals surface area contributed by atoms with Gasteiger partial charge in [0.15, 0.2) is 0 Å². The molecule has 0 radical (unpaired) electrons. The molecule has 1 saturated heterocycles. The monoisotopic (exact) mass is 378 g/mol. The Kier molecular flexibility index (Phi) is 4.21. The lowest BCUT2D eigenvalue weighted by atomic mass is 9.67. The fraction of sp³-hybridized carbons (Fsp3) is 0.231. The summed E-state index contributed by atoms with van der Waals surface area (Å²) in [5, 5.41) is 9.42. The molecule has 3 unspecified atom stereocenters. The zero-order valence-corrected chi connectivity index (χ0v) is 16.4. The molecule has 1 aliphatic heterocycles. The molecule has 0 N–H and O–H groups in total. The second-order valence-electron chi connectivity index (χ2n) is 8.19. The lowest BCUT2D eigenvalue weighted by Crippen LogP contribution is -2.33. The van der Waals surface area contributed by atoms with Crippen LogP contribution in [-0.2, 0) is 11.2 Å². The summed E-state index contributed by atoms with van der Waals surface area (Å²) in [5.74, 6) is 0.358. The molecule has 1 amide bonds. The van der Waals surface area contributed by atoms with E-state index in [2.05, 4.69) is 43.3 Å². The number of nitriles is 1. The molecule has 0 bridgehead atoms. The SMILES string of the molecule is Cc1ccc(N2CC3Cc4ccc(C#N)cc4C(c4ccccc4)C3C2=O)cc1. The van der Waals surface area contributed by atoms with E-state index in [0.717, 1.165) is 29.8 Å². The van der Waals surface area contributed by atoms with Gasteiger partial charge in [0.2, 0.25) is 5.91 Å². The highest BCUT2D eigenvalue weighted by atomic mass is 16.2. The molecular formula is C26H22N2O. The number of hydrogen-bond donors (Lipinski definition) is 0. The van der Waals surface area contributed by atoms with Crippen LogP contribution in [0.2, 0.25) is 0 Å². The van der Waals surface area contributed by atoms with Crippen molar-refractivity contribution in [1.82, 2.24) is 0 Å². The summed E-state index contributed by atoms with van der Waals surface area (Å²) in [6.07, 6.45) is 0.878. The predicted octanol–water partition coefficient (Wildman–Crippen LogP) is 4.83. The third kappa shape index (κ3) is 2.93. The topological polar surface area (TPSA) is 44.1 Å². The lowest BCUT2D eigenvalue weighted by molar-refractivity contribution is -0.121. The fourth-order valence-electron chi connectivity index (χ4n) is 5.05. The maximum absolute atomic E-state index is 13.6. The molecule has 3 aromatic rings. The van der Waals surface area contributed by atoms with E-state index in [1.54, 1.807) is 0 Å². The molecule has 1 heterocycles. The number of aryl methyl sites for hydroxylation is 1. The molecular weight excluding hydrogens is 356 g/mol. The molecule has 29 heavy (non-hydrogen) atoms. The van der Waals surface area contributed by atoms with Gasteiger partial charge in [-0.3, -0.25) is 4.79 Å². The molecule has 3 atom stereocenters. The van der Waals surface area contributed by atoms with Gasteiger partial charge in [0.25, 0.3) is 0 Å². The highest BCUT2D eigenvalue weighted by Crippen LogP contribution is 2.48. The third-order valence-electron chi connectivity index (χ3n) is 6.43. The average molecular weight is 378 g/mol. The van der Waals surface area contributed by atoms with Gasteiger partial charge >= 0.3 is 0 Å². The third-order valence-corrected chi connectivity index (χ3v) is 6.43. The Morgan fingerprint density at radius 1 is 1.00 bits per heavy atom. The second kappa shape index (κ2) is 6.90. The largest absolute Gasteiger partial charge is 0.312 e. The van der Waals surface area contributed by atoms with E-state index < -0.39 is 0 Å². The fourth-order valence-corrected chi connectivity index (χ4v) is 5.05. The molecule has 3 nitrogen and oxygen atoms in total. The van der Waals surface area contributed by atoms with Crippen molar-refractivity contribution in [2.75, 3.05) is 11.4 Å². The molecule has 3 aromatic carbocycles. The standard InChI is InChI=1S/C26H22N2O/c1-17-7-11-22(12-8-17)28-16-21-14-20-10-9-18(15-27)13-23(20)24(25(21)26(28)29)19-5-3-2-4-6-19/h2-13,21,24-25H,14,16H2,1H3. The summed E-state index contributed by atoms with van der Waals surface area (Å²) in [5.41, 5.74) is 6.37. The Labute approximate surface area is 171 Å². The van der Waals surface area contributed by atoms with Crippen molar-refractivity contribution in [3.05, 3.63) is 101 Å². The van der Waals surface area contributed by atoms with Crippen LogP contribution in [-0.4, -0.2) is 12.5 Å². The van der Waals surface area contributed by atoms with Gasteiger partial charge in [-0.2, -0.15) is 5.26 Å². The molecule has 5 rings (SSSR count). The van der Waals surface area contributed by atoms with Crippen molar-refractivity contribution >= 4 is 11.6 Å². The van der Waals surface area contributed by atoms with Crippen LogP contribution in [0.5, 0.6) is 0 Å². The summed E-state index contributed by atoms with van der Waals surface area (Å²) in [7, 11) is 0. The Morgan fingerprint density at radius 3 is 2.48 bits per heavy atom. The zero-order chi connectivity index (χ0) is 20.0. The van der Waals surface area contributed by atoms with Crippen molar-refractivity contribution in [1.29, 1.82) is 5.26 Å². The molecule has 3 heteroatoms. The van der Waals surface area contributed by atoms with Gasteiger partial charge < -0.3 is 4.90 Å². The maximum Gasteiger partial charge on any atom is 0.231 e. The highest BCUT2D eigenvalue weighted by Gasteiger charge is 2.49. The van der Waals surface area contributed by atoms with E-state index in [1.165, 1.54) is 11.1 Å². The van der Waals surface area contributed by atoms with E-state index >= 15 is 0 Å². The van der Waals surface area contributed by atoms with Gasteiger partial charge in [-0.05, 0) is 60.2 Å². The van der Waals surface area contributed by atoms with Crippen LogP contribution in [0.25, 0.3) is 0 Å². The van der Waals surface area contributed by atoms with E-state index in [-0.39, 0.29) is 23.7 Å². The van der Waals surface area contributed by atoms with Gasteiger partial charge in [-0.1, -0.05) is 54.1 Å². The first-order valence-corrected chi connectivity index (χ1v) is 10.1. The van der Waals surface area contributed by atoms with Crippen molar-refractivity contribution < 1.29 is 4.79 Å². The summed E-state index contributed by atoms with van der Waals surface area (Å²) in [4.78, 5) is 15.6. The van der Waals surface area contributed by atoms with E-state index in [4.69, 9.17) is 0 Å². The number of anilines is 1. The Hall–Kier alpha value is -3.38. The number of rotatable bonds is 2. The molecule has 2 aliphatic rings. The number of fused-ring (bicyclic) bond motifs is 2. The minimum absolute atomic E-state index is 0.0128. The Balaban J connectivity index is 1.62. The number of hydrogen-bond acceptors (Lipinski definition) is 2. The van der Waals surface area contributed by atoms with Crippen molar-refractivity contribution in [3.8, 4) is 6.07 Å². The molecule has 1 fully saturated rings. The van der Waals surface area contributed by atoms with Crippen LogP contribution in [0.3, 0.4) is 0 Å². The normalized spacial score (nSPS) is 22.7. The number of nitrogens with zero attached hydrogens (tertiary/aromatic N) is 2. The van der Waals surface area contributed by atoms with Gasteiger partial charge in [-0.15, -0.1) is 0 Å². The maximum atomic E-state index is 13.6. The first-order chi connectivity index (χ1) is 14.2.